The van der Waals surface area contributed by atoms with Crippen molar-refractivity contribution in [3.05, 3.63) is 34.6 Å². The molecule has 1 saturated heterocycles. The molecule has 2 aromatic rings. The van der Waals surface area contributed by atoms with Crippen LogP contribution in [0.4, 0.5) is 13.2 Å². The molecule has 0 bridgehead atoms. The lowest BCUT2D eigenvalue weighted by Gasteiger charge is -2.29. The minimum Gasteiger partial charge on any atom is -0.481 e. The molecule has 1 aliphatic heterocycles. The molecular formula is C15H16Cl2F3N5O2. The highest BCUT2D eigenvalue weighted by Gasteiger charge is 2.35. The quantitative estimate of drug-likeness (QED) is 0.810. The Bertz CT molecular complexity index is 807. The van der Waals surface area contributed by atoms with Crippen molar-refractivity contribution in [2.24, 2.45) is 5.92 Å². The number of rotatable bonds is 4. The second kappa shape index (κ2) is 8.41. The molecule has 1 fully saturated rings. The van der Waals surface area contributed by atoms with Crippen LogP contribution in [0.15, 0.2) is 18.2 Å². The third-order valence-electron chi connectivity index (χ3n) is 4.33. The van der Waals surface area contributed by atoms with E-state index in [1.54, 1.807) is 0 Å². The molecule has 1 N–H and O–H groups in total. The Morgan fingerprint density at radius 2 is 1.96 bits per heavy atom. The summed E-state index contributed by atoms with van der Waals surface area (Å²) in [6, 6.07) is 3.40. The normalized spacial score (nSPS) is 16.1. The smallest absolute Gasteiger partial charge is 0.418 e. The number of halogens is 5. The first kappa shape index (κ1) is 21.4. The number of benzene rings is 1. The van der Waals surface area contributed by atoms with Gasteiger partial charge in [0.1, 0.15) is 0 Å². The maximum Gasteiger partial charge on any atom is 0.418 e. The largest absolute Gasteiger partial charge is 0.481 e. The molecule has 0 amide bonds. The maximum absolute atomic E-state index is 13.3. The van der Waals surface area contributed by atoms with Crippen LogP contribution in [0.25, 0.3) is 5.69 Å². The Labute approximate surface area is 163 Å². The molecule has 27 heavy (non-hydrogen) atoms. The second-order valence-electron chi connectivity index (χ2n) is 6.05. The van der Waals surface area contributed by atoms with Crippen molar-refractivity contribution in [3.8, 4) is 5.69 Å². The fourth-order valence-electron chi connectivity index (χ4n) is 2.95. The van der Waals surface area contributed by atoms with Gasteiger partial charge in [-0.25, -0.2) is 0 Å². The zero-order valence-corrected chi connectivity index (χ0v) is 15.4. The van der Waals surface area contributed by atoms with Gasteiger partial charge in [-0.3, -0.25) is 9.69 Å². The van der Waals surface area contributed by atoms with Crippen molar-refractivity contribution in [2.75, 3.05) is 13.1 Å². The molecule has 0 unspecified atom stereocenters. The van der Waals surface area contributed by atoms with Crippen LogP contribution in [0.3, 0.4) is 0 Å². The summed E-state index contributed by atoms with van der Waals surface area (Å²) in [4.78, 5) is 12.9. The van der Waals surface area contributed by atoms with E-state index < -0.39 is 23.6 Å². The number of carboxylic acids is 1. The highest BCUT2D eigenvalue weighted by molar-refractivity contribution is 6.30. The van der Waals surface area contributed by atoms with Gasteiger partial charge >= 0.3 is 12.1 Å². The fourth-order valence-corrected chi connectivity index (χ4v) is 3.12. The molecule has 0 atom stereocenters. The topological polar surface area (TPSA) is 84.1 Å². The molecule has 12 heteroatoms. The van der Waals surface area contributed by atoms with Gasteiger partial charge in [-0.05, 0) is 54.6 Å². The van der Waals surface area contributed by atoms with Crippen LogP contribution in [-0.2, 0) is 17.5 Å². The minimum absolute atomic E-state index is 0. The number of nitrogens with zero attached hydrogens (tertiary/aromatic N) is 5. The van der Waals surface area contributed by atoms with E-state index in [4.69, 9.17) is 16.7 Å². The first-order valence-electron chi connectivity index (χ1n) is 7.85. The van der Waals surface area contributed by atoms with Crippen LogP contribution in [0, 0.1) is 5.92 Å². The average molecular weight is 426 g/mol. The maximum atomic E-state index is 13.3. The number of carbonyl (C=O) groups is 1. The van der Waals surface area contributed by atoms with Crippen molar-refractivity contribution in [3.63, 3.8) is 0 Å². The first-order chi connectivity index (χ1) is 12.3. The number of carboxylic acid groups (broad SMARTS) is 1. The Kier molecular flexibility index (Phi) is 6.66. The molecule has 0 radical (unpaired) electrons. The average Bonchev–Trinajstić information content (AvgIpc) is 3.02. The van der Waals surface area contributed by atoms with Crippen molar-refractivity contribution in [1.82, 2.24) is 25.1 Å². The van der Waals surface area contributed by atoms with E-state index in [0.29, 0.717) is 25.9 Å². The molecule has 1 aliphatic rings. The number of aliphatic carboxylic acids is 1. The Hall–Kier alpha value is -1.91. The van der Waals surface area contributed by atoms with Crippen LogP contribution in [-0.4, -0.2) is 49.3 Å². The lowest BCUT2D eigenvalue weighted by molar-refractivity contribution is -0.143. The summed E-state index contributed by atoms with van der Waals surface area (Å²) in [6.07, 6.45) is -3.65. The predicted molar refractivity (Wildman–Crippen MR) is 92.1 cm³/mol. The number of hydrogen-bond acceptors (Lipinski definition) is 5. The van der Waals surface area contributed by atoms with E-state index in [9.17, 15) is 18.0 Å². The third kappa shape index (κ3) is 4.88. The molecule has 0 aliphatic carbocycles. The number of alkyl halides is 3. The first-order valence-corrected chi connectivity index (χ1v) is 8.23. The van der Waals surface area contributed by atoms with E-state index in [2.05, 4.69) is 15.5 Å². The standard InChI is InChI=1S/C15H15ClF3N5O2.ClH/c16-10-1-2-12(11(7-10)15(17,18)19)24-13(20-21-22-24)8-23-5-3-9(4-6-23)14(25)26;/h1-2,7,9H,3-6,8H2,(H,25,26);1H. The lowest BCUT2D eigenvalue weighted by Crippen LogP contribution is -2.36. The van der Waals surface area contributed by atoms with E-state index in [-0.39, 0.29) is 35.5 Å². The highest BCUT2D eigenvalue weighted by atomic mass is 35.5. The molecule has 1 aromatic heterocycles. The van der Waals surface area contributed by atoms with Crippen LogP contribution in [0.5, 0.6) is 0 Å². The number of hydrogen-bond donors (Lipinski definition) is 1. The Balaban J connectivity index is 0.00000261. The second-order valence-corrected chi connectivity index (χ2v) is 6.49. The molecule has 148 valence electrons. The molecule has 3 rings (SSSR count). The van der Waals surface area contributed by atoms with Gasteiger partial charge in [-0.15, -0.1) is 17.5 Å². The monoisotopic (exact) mass is 425 g/mol. The van der Waals surface area contributed by atoms with Crippen molar-refractivity contribution >= 4 is 30.0 Å². The molecule has 0 saturated carbocycles. The van der Waals surface area contributed by atoms with E-state index in [0.717, 1.165) is 10.7 Å². The summed E-state index contributed by atoms with van der Waals surface area (Å²) in [5.74, 6) is -0.979. The predicted octanol–water partition coefficient (Wildman–Crippen LogP) is 3.05. The minimum atomic E-state index is -4.61. The van der Waals surface area contributed by atoms with Gasteiger partial charge in [0.15, 0.2) is 5.82 Å². The van der Waals surface area contributed by atoms with Gasteiger partial charge < -0.3 is 5.11 Å². The summed E-state index contributed by atoms with van der Waals surface area (Å²) in [5, 5.41) is 20.0. The van der Waals surface area contributed by atoms with Gasteiger partial charge in [0.25, 0.3) is 0 Å². The zero-order chi connectivity index (χ0) is 18.9. The Morgan fingerprint density at radius 1 is 1.30 bits per heavy atom. The molecule has 2 heterocycles. The summed E-state index contributed by atoms with van der Waals surface area (Å²) < 4.78 is 41.0. The van der Waals surface area contributed by atoms with Gasteiger partial charge in [-0.2, -0.15) is 17.9 Å². The number of tetrazole rings is 1. The molecule has 0 spiro atoms. The summed E-state index contributed by atoms with van der Waals surface area (Å²) in [7, 11) is 0. The van der Waals surface area contributed by atoms with Crippen molar-refractivity contribution in [1.29, 1.82) is 0 Å². The summed E-state index contributed by atoms with van der Waals surface area (Å²) in [6.45, 7) is 1.24. The van der Waals surface area contributed by atoms with Crippen LogP contribution >= 0.6 is 24.0 Å². The number of piperidine rings is 1. The molecule has 7 nitrogen and oxygen atoms in total. The summed E-state index contributed by atoms with van der Waals surface area (Å²) >= 11 is 5.70. The zero-order valence-electron chi connectivity index (χ0n) is 13.9. The Morgan fingerprint density at radius 3 is 2.56 bits per heavy atom. The van der Waals surface area contributed by atoms with Crippen molar-refractivity contribution < 1.29 is 23.1 Å². The molecular weight excluding hydrogens is 410 g/mol. The number of aromatic nitrogens is 4. The van der Waals surface area contributed by atoms with Crippen molar-refractivity contribution in [2.45, 2.75) is 25.6 Å². The summed E-state index contributed by atoms with van der Waals surface area (Å²) in [5.41, 5.74) is -1.13. The molecule has 1 aromatic carbocycles. The fraction of sp³-hybridized carbons (Fsp3) is 0.467. The van der Waals surface area contributed by atoms with E-state index in [1.165, 1.54) is 12.1 Å². The SMILES string of the molecule is Cl.O=C(O)C1CCN(Cc2nnnn2-c2ccc(Cl)cc2C(F)(F)F)CC1. The number of likely N-dealkylation sites (tertiary alicyclic amines) is 1. The van der Waals surface area contributed by atoms with Gasteiger partial charge in [0.05, 0.1) is 23.7 Å². The van der Waals surface area contributed by atoms with Gasteiger partial charge in [0.2, 0.25) is 0 Å². The van der Waals surface area contributed by atoms with Gasteiger partial charge in [-0.1, -0.05) is 11.6 Å². The van der Waals surface area contributed by atoms with Gasteiger partial charge in [0, 0.05) is 5.02 Å². The van der Waals surface area contributed by atoms with Crippen LogP contribution in [0.2, 0.25) is 5.02 Å². The van der Waals surface area contributed by atoms with E-state index in [1.807, 2.05) is 4.90 Å². The van der Waals surface area contributed by atoms with Crippen LogP contribution in [0.1, 0.15) is 24.2 Å². The highest BCUT2D eigenvalue weighted by Crippen LogP contribution is 2.35. The third-order valence-corrected chi connectivity index (χ3v) is 4.56. The lowest BCUT2D eigenvalue weighted by atomic mass is 9.97. The van der Waals surface area contributed by atoms with E-state index >= 15 is 0 Å². The van der Waals surface area contributed by atoms with Crippen LogP contribution < -0.4 is 0 Å².